The summed E-state index contributed by atoms with van der Waals surface area (Å²) in [4.78, 5) is 64.0. The zero-order chi connectivity index (χ0) is 46.9. The normalized spacial score (nSPS) is 18.5. The van der Waals surface area contributed by atoms with Crippen molar-refractivity contribution in [3.8, 4) is 0 Å². The number of piperazine rings is 2. The molecule has 0 unspecified atom stereocenters. The first-order valence-electron chi connectivity index (χ1n) is 22.3. The Morgan fingerprint density at radius 3 is 1.38 bits per heavy atom. The molecule has 65 heavy (non-hydrogen) atoms. The molecule has 3 aromatic rings. The van der Waals surface area contributed by atoms with Gasteiger partial charge in [-0.05, 0) is 68.2 Å². The molecule has 3 aromatic heterocycles. The van der Waals surface area contributed by atoms with Gasteiger partial charge >= 0.3 is 17.1 Å². The van der Waals surface area contributed by atoms with E-state index in [9.17, 15) is 27.6 Å². The molecule has 4 fully saturated rings. The highest BCUT2D eigenvalue weighted by molar-refractivity contribution is 5.35. The molecule has 0 atom stereocenters. The van der Waals surface area contributed by atoms with Gasteiger partial charge < -0.3 is 30.5 Å². The maximum atomic E-state index is 14.3. The van der Waals surface area contributed by atoms with Gasteiger partial charge in [0.2, 0.25) is 0 Å². The number of nitrogens with one attached hydrogen (secondary N) is 3. The number of hydrogen-bond acceptors (Lipinski definition) is 18. The van der Waals surface area contributed by atoms with Gasteiger partial charge in [0.15, 0.2) is 34.9 Å². The average Bonchev–Trinajstić information content (AvgIpc) is 3.28. The van der Waals surface area contributed by atoms with Crippen LogP contribution in [0.1, 0.15) is 19.3 Å². The third kappa shape index (κ3) is 17.3. The van der Waals surface area contributed by atoms with Gasteiger partial charge in [-0.1, -0.05) is 6.42 Å². The third-order valence-corrected chi connectivity index (χ3v) is 11.2. The fraction of sp³-hybridized carbons (Fsp3) is 0.707. The number of hydrogen-bond donors (Lipinski definition) is 3. The summed E-state index contributed by atoms with van der Waals surface area (Å²) in [5, 5.41) is 8.62. The van der Waals surface area contributed by atoms with Gasteiger partial charge in [-0.2, -0.15) is 15.0 Å². The summed E-state index contributed by atoms with van der Waals surface area (Å²) < 4.78 is 51.3. The number of piperidine rings is 1. The number of likely N-dealkylation sites (tertiary alicyclic amines) is 1. The smallest absolute Gasteiger partial charge is 0.350 e. The highest BCUT2D eigenvalue weighted by Gasteiger charge is 2.19. The van der Waals surface area contributed by atoms with E-state index in [2.05, 4.69) is 74.4 Å². The van der Waals surface area contributed by atoms with Crippen LogP contribution in [0.15, 0.2) is 33.0 Å². The summed E-state index contributed by atoms with van der Waals surface area (Å²) >= 11 is 0. The molecule has 0 aromatic carbocycles. The van der Waals surface area contributed by atoms with E-state index in [1.807, 2.05) is 19.0 Å². The molecular formula is C41H70F3N17O4. The zero-order valence-corrected chi connectivity index (χ0v) is 39.0. The predicted molar refractivity (Wildman–Crippen MR) is 244 cm³/mol. The predicted octanol–water partition coefficient (Wildman–Crippen LogP) is -0.436. The molecular weight excluding hydrogens is 852 g/mol. The maximum absolute atomic E-state index is 14.3. The van der Waals surface area contributed by atoms with E-state index in [1.165, 1.54) is 32.5 Å². The van der Waals surface area contributed by atoms with Gasteiger partial charge in [-0.25, -0.2) is 27.6 Å². The van der Waals surface area contributed by atoms with Crippen molar-refractivity contribution in [2.75, 3.05) is 170 Å². The largest absolute Gasteiger partial charge is 0.379 e. The second-order valence-electron chi connectivity index (χ2n) is 17.4. The van der Waals surface area contributed by atoms with Crippen LogP contribution >= 0.6 is 0 Å². The molecule has 7 heterocycles. The number of halogens is 3. The second kappa shape index (κ2) is 26.0. The SMILES string of the molecule is CN(C)CNc1nc(=O)n(CN(C)C)cc1F.CN1CCN(CNc2nc(=O)n(CN3CCN(C)CC3)cc2F)CC1.O=c1nc(NCN2CCOCC2)c(F)cn1CN1CCCCC1. The molecule has 0 aliphatic carbocycles. The van der Waals surface area contributed by atoms with Crippen molar-refractivity contribution in [2.45, 2.75) is 39.3 Å². The molecule has 0 saturated carbocycles. The van der Waals surface area contributed by atoms with Crippen molar-refractivity contribution in [1.29, 1.82) is 0 Å². The Balaban J connectivity index is 0.000000187. The quantitative estimate of drug-likeness (QED) is 0.167. The van der Waals surface area contributed by atoms with E-state index in [-0.39, 0.29) is 17.5 Å². The fourth-order valence-corrected chi connectivity index (χ4v) is 7.27. The molecule has 0 spiro atoms. The second-order valence-corrected chi connectivity index (χ2v) is 17.4. The van der Waals surface area contributed by atoms with E-state index in [0.717, 1.165) is 97.6 Å². The summed E-state index contributed by atoms with van der Waals surface area (Å²) in [7, 11) is 11.4. The molecule has 3 N–H and O–H groups in total. The number of morpholine rings is 1. The Morgan fingerprint density at radius 1 is 0.523 bits per heavy atom. The lowest BCUT2D eigenvalue weighted by Crippen LogP contribution is -2.47. The molecule has 364 valence electrons. The van der Waals surface area contributed by atoms with Crippen LogP contribution in [0, 0.1) is 17.5 Å². The summed E-state index contributed by atoms with van der Waals surface area (Å²) in [6.07, 6.45) is 7.16. The Kier molecular flexibility index (Phi) is 20.6. The lowest BCUT2D eigenvalue weighted by Gasteiger charge is -2.32. The number of likely N-dealkylation sites (N-methyl/N-ethyl adjacent to an activating group) is 2. The first kappa shape index (κ1) is 51.5. The zero-order valence-electron chi connectivity index (χ0n) is 39.0. The monoisotopic (exact) mass is 922 g/mol. The summed E-state index contributed by atoms with van der Waals surface area (Å²) in [5.41, 5.74) is -1.30. The summed E-state index contributed by atoms with van der Waals surface area (Å²) in [6, 6.07) is 0. The van der Waals surface area contributed by atoms with E-state index in [0.29, 0.717) is 53.2 Å². The lowest BCUT2D eigenvalue weighted by atomic mass is 10.1. The number of anilines is 3. The Morgan fingerprint density at radius 2 is 0.923 bits per heavy atom. The number of nitrogens with zero attached hydrogens (tertiary/aromatic N) is 14. The van der Waals surface area contributed by atoms with Gasteiger partial charge in [0.1, 0.15) is 0 Å². The van der Waals surface area contributed by atoms with Crippen molar-refractivity contribution >= 4 is 17.5 Å². The van der Waals surface area contributed by atoms with Crippen LogP contribution in [0.2, 0.25) is 0 Å². The first-order chi connectivity index (χ1) is 31.1. The van der Waals surface area contributed by atoms with Crippen LogP contribution in [-0.4, -0.2) is 222 Å². The minimum atomic E-state index is -0.534. The van der Waals surface area contributed by atoms with Crippen LogP contribution in [0.5, 0.6) is 0 Å². The molecule has 4 aliphatic heterocycles. The Hall–Kier alpha value is -4.53. The number of aromatic nitrogens is 6. The van der Waals surface area contributed by atoms with Gasteiger partial charge in [0.05, 0.1) is 53.2 Å². The van der Waals surface area contributed by atoms with Gasteiger partial charge in [-0.15, -0.1) is 0 Å². The maximum Gasteiger partial charge on any atom is 0.350 e. The molecule has 21 nitrogen and oxygen atoms in total. The summed E-state index contributed by atoms with van der Waals surface area (Å²) in [6.45, 7) is 14.8. The van der Waals surface area contributed by atoms with E-state index in [4.69, 9.17) is 4.74 Å². The molecule has 0 amide bonds. The van der Waals surface area contributed by atoms with Gasteiger partial charge in [0.25, 0.3) is 0 Å². The molecule has 0 bridgehead atoms. The molecule has 24 heteroatoms. The van der Waals surface area contributed by atoms with Crippen molar-refractivity contribution in [3.05, 3.63) is 67.5 Å². The highest BCUT2D eigenvalue weighted by Crippen LogP contribution is 2.13. The van der Waals surface area contributed by atoms with Crippen molar-refractivity contribution in [3.63, 3.8) is 0 Å². The topological polar surface area (TPSA) is 176 Å². The first-order valence-corrected chi connectivity index (χ1v) is 22.3. The Labute approximate surface area is 379 Å². The van der Waals surface area contributed by atoms with E-state index >= 15 is 0 Å². The average molecular weight is 922 g/mol. The minimum absolute atomic E-state index is 0.0151. The van der Waals surface area contributed by atoms with Crippen molar-refractivity contribution in [1.82, 2.24) is 67.9 Å². The number of ether oxygens (including phenoxy) is 1. The molecule has 0 radical (unpaired) electrons. The fourth-order valence-electron chi connectivity index (χ4n) is 7.27. The standard InChI is InChI=1S/C16H28FN7O.C15H24FN5O2.C10H18FN5O/c1-20-3-7-22(8-4-20)12-18-15-14(17)11-24(16(25)19-15)13-23-9-5-21(2)6-10-23;16-13-10-21(12-20-4-2-1-3-5-20)15(22)18-14(13)17-11-19-6-8-23-9-7-19;1-14(2)6-12-9-8(11)5-16(7-15(3)4)10(17)13-9/h11H,3-10,12-13H2,1-2H3,(H,18,19,25);10H,1-9,11-12H2,(H,17,18,22);5H,6-7H2,1-4H3,(H,12,13,17). The van der Waals surface area contributed by atoms with Crippen LogP contribution in [-0.2, 0) is 24.7 Å². The molecule has 4 aliphatic rings. The third-order valence-electron chi connectivity index (χ3n) is 11.2. The van der Waals surface area contributed by atoms with Gasteiger partial charge in [-0.3, -0.25) is 43.1 Å². The highest BCUT2D eigenvalue weighted by atomic mass is 19.1. The number of rotatable bonds is 15. The molecule has 4 saturated heterocycles. The van der Waals surface area contributed by atoms with E-state index < -0.39 is 34.5 Å². The molecule has 7 rings (SSSR count). The van der Waals surface area contributed by atoms with E-state index in [1.54, 1.807) is 19.0 Å². The summed E-state index contributed by atoms with van der Waals surface area (Å²) in [5.74, 6) is -1.46. The Bertz CT molecular complexity index is 2080. The van der Waals surface area contributed by atoms with Crippen LogP contribution in [0.4, 0.5) is 30.6 Å². The van der Waals surface area contributed by atoms with Crippen LogP contribution in [0.3, 0.4) is 0 Å². The van der Waals surface area contributed by atoms with Gasteiger partial charge in [0, 0.05) is 84.0 Å². The lowest BCUT2D eigenvalue weighted by molar-refractivity contribution is 0.0414. The minimum Gasteiger partial charge on any atom is -0.379 e. The van der Waals surface area contributed by atoms with Crippen LogP contribution < -0.4 is 33.0 Å². The van der Waals surface area contributed by atoms with Crippen molar-refractivity contribution in [2.24, 2.45) is 0 Å². The van der Waals surface area contributed by atoms with Crippen molar-refractivity contribution < 1.29 is 17.9 Å². The van der Waals surface area contributed by atoms with Crippen LogP contribution in [0.25, 0.3) is 0 Å².